The van der Waals surface area contributed by atoms with E-state index in [0.29, 0.717) is 32.1 Å². The molecule has 26 heavy (non-hydrogen) atoms. The van der Waals surface area contributed by atoms with Gasteiger partial charge in [0.1, 0.15) is 0 Å². The predicted octanol–water partition coefficient (Wildman–Crippen LogP) is 2.02. The van der Waals surface area contributed by atoms with E-state index in [2.05, 4.69) is 0 Å². The topological polar surface area (TPSA) is 118 Å². The lowest BCUT2D eigenvalue weighted by molar-refractivity contribution is -0.137. The quantitative estimate of drug-likeness (QED) is 0.250. The van der Waals surface area contributed by atoms with E-state index < -0.39 is 24.3 Å². The number of aliphatic carboxylic acids is 1. The van der Waals surface area contributed by atoms with Crippen LogP contribution in [0.5, 0.6) is 0 Å². The van der Waals surface area contributed by atoms with Crippen LogP contribution in [-0.4, -0.2) is 56.4 Å². The molecule has 5 atom stereocenters. The smallest absolute Gasteiger partial charge is 0.303 e. The lowest BCUT2D eigenvalue weighted by Crippen LogP contribution is -2.20. The zero-order valence-electron chi connectivity index (χ0n) is 15.4. The first kappa shape index (κ1) is 22.8. The number of carboxylic acids is 1. The van der Waals surface area contributed by atoms with Gasteiger partial charge in [0, 0.05) is 25.4 Å². The summed E-state index contributed by atoms with van der Waals surface area (Å²) in [5.74, 6) is -1.09. The van der Waals surface area contributed by atoms with Crippen LogP contribution in [0.25, 0.3) is 0 Å². The summed E-state index contributed by atoms with van der Waals surface area (Å²) in [6.07, 6.45) is 11.1. The van der Waals surface area contributed by atoms with Gasteiger partial charge in [0.15, 0.2) is 0 Å². The first-order valence-corrected chi connectivity index (χ1v) is 9.65. The largest absolute Gasteiger partial charge is 0.481 e. The first-order valence-electron chi connectivity index (χ1n) is 9.65. The van der Waals surface area contributed by atoms with Crippen molar-refractivity contribution in [3.63, 3.8) is 0 Å². The number of carboxylic acid groups (broad SMARTS) is 1. The Morgan fingerprint density at radius 2 is 1.85 bits per heavy atom. The Labute approximate surface area is 155 Å². The van der Waals surface area contributed by atoms with E-state index in [1.807, 2.05) is 18.2 Å². The van der Waals surface area contributed by atoms with E-state index in [0.717, 1.165) is 19.3 Å². The van der Waals surface area contributed by atoms with Crippen LogP contribution in [0.1, 0.15) is 57.8 Å². The number of aliphatic hydroxyl groups is 4. The monoisotopic (exact) mass is 370 g/mol. The molecule has 0 aromatic carbocycles. The maximum absolute atomic E-state index is 10.5. The zero-order valence-corrected chi connectivity index (χ0v) is 15.4. The first-order chi connectivity index (χ1) is 12.5. The van der Waals surface area contributed by atoms with E-state index in [1.165, 1.54) is 0 Å². The summed E-state index contributed by atoms with van der Waals surface area (Å²) in [6.45, 7) is 0.170. The van der Waals surface area contributed by atoms with Crippen molar-refractivity contribution in [2.45, 2.75) is 76.1 Å². The number of unbranched alkanes of at least 4 members (excludes halogenated alkanes) is 3. The number of carbonyl (C=O) groups is 1. The van der Waals surface area contributed by atoms with Gasteiger partial charge in [-0.05, 0) is 38.0 Å². The number of allylic oxidation sites excluding steroid dienone is 2. The highest BCUT2D eigenvalue weighted by Crippen LogP contribution is 2.36. The van der Waals surface area contributed by atoms with Crippen LogP contribution < -0.4 is 0 Å². The summed E-state index contributed by atoms with van der Waals surface area (Å²) in [5, 5.41) is 47.7. The summed E-state index contributed by atoms with van der Waals surface area (Å²) < 4.78 is 0. The lowest BCUT2D eigenvalue weighted by Gasteiger charge is -2.19. The molecule has 1 aliphatic carbocycles. The van der Waals surface area contributed by atoms with Crippen molar-refractivity contribution in [1.82, 2.24) is 0 Å². The molecule has 0 aliphatic heterocycles. The van der Waals surface area contributed by atoms with Crippen LogP contribution >= 0.6 is 0 Å². The normalized spacial score (nSPS) is 27.5. The molecule has 1 aliphatic rings. The Kier molecular flexibility index (Phi) is 11.4. The average Bonchev–Trinajstić information content (AvgIpc) is 2.85. The molecule has 0 spiro atoms. The molecule has 0 bridgehead atoms. The molecule has 0 aromatic heterocycles. The maximum Gasteiger partial charge on any atom is 0.303 e. The molecule has 6 heteroatoms. The summed E-state index contributed by atoms with van der Waals surface area (Å²) in [4.78, 5) is 10.5. The fourth-order valence-electron chi connectivity index (χ4n) is 3.44. The van der Waals surface area contributed by atoms with Gasteiger partial charge >= 0.3 is 5.97 Å². The van der Waals surface area contributed by atoms with Gasteiger partial charge in [-0.25, -0.2) is 0 Å². The van der Waals surface area contributed by atoms with Crippen molar-refractivity contribution in [2.24, 2.45) is 11.8 Å². The van der Waals surface area contributed by atoms with Gasteiger partial charge < -0.3 is 25.5 Å². The van der Waals surface area contributed by atoms with E-state index in [1.54, 1.807) is 6.08 Å². The second-order valence-electron chi connectivity index (χ2n) is 7.13. The predicted molar refractivity (Wildman–Crippen MR) is 99.6 cm³/mol. The fraction of sp³-hybridized carbons (Fsp3) is 0.750. The number of rotatable bonds is 13. The highest BCUT2D eigenvalue weighted by molar-refractivity contribution is 5.66. The molecule has 1 rings (SSSR count). The summed E-state index contributed by atoms with van der Waals surface area (Å²) in [5.41, 5.74) is 0. The molecule has 5 N–H and O–H groups in total. The van der Waals surface area contributed by atoms with Crippen LogP contribution in [-0.2, 0) is 4.79 Å². The Hall–Kier alpha value is -1.21. The second kappa shape index (κ2) is 13.0. The van der Waals surface area contributed by atoms with Crippen molar-refractivity contribution >= 4 is 5.97 Å². The highest BCUT2D eigenvalue weighted by Gasteiger charge is 2.39. The Bertz CT molecular complexity index is 448. The Balaban J connectivity index is 2.44. The molecule has 0 heterocycles. The number of hydrogen-bond acceptors (Lipinski definition) is 5. The van der Waals surface area contributed by atoms with Crippen LogP contribution in [0, 0.1) is 11.8 Å². The van der Waals surface area contributed by atoms with E-state index in [4.69, 9.17) is 10.2 Å². The van der Waals surface area contributed by atoms with Crippen LogP contribution in [0.3, 0.4) is 0 Å². The Morgan fingerprint density at radius 1 is 1.08 bits per heavy atom. The minimum absolute atomic E-state index is 0.0986. The molecule has 1 fully saturated rings. The van der Waals surface area contributed by atoms with Gasteiger partial charge in [-0.1, -0.05) is 37.1 Å². The van der Waals surface area contributed by atoms with Crippen molar-refractivity contribution in [1.29, 1.82) is 0 Å². The van der Waals surface area contributed by atoms with Crippen molar-refractivity contribution in [3.05, 3.63) is 24.3 Å². The van der Waals surface area contributed by atoms with Crippen molar-refractivity contribution in [3.8, 4) is 0 Å². The molecule has 1 saturated carbocycles. The van der Waals surface area contributed by atoms with Gasteiger partial charge in [-0.3, -0.25) is 4.79 Å². The fourth-order valence-corrected chi connectivity index (χ4v) is 3.44. The SMILES string of the molecule is O=C(O)CCC/C=C/CC1C(O)CC(O)C1/C=C/C(O)CCCCCO. The summed E-state index contributed by atoms with van der Waals surface area (Å²) >= 11 is 0. The Morgan fingerprint density at radius 3 is 2.54 bits per heavy atom. The third kappa shape index (κ3) is 8.94. The summed E-state index contributed by atoms with van der Waals surface area (Å²) in [6, 6.07) is 0. The van der Waals surface area contributed by atoms with Gasteiger partial charge in [-0.15, -0.1) is 0 Å². The zero-order chi connectivity index (χ0) is 19.4. The highest BCUT2D eigenvalue weighted by atomic mass is 16.4. The standard InChI is InChI=1S/C20H34O6/c21-13-7-3-4-8-15(22)11-12-17-16(18(23)14-19(17)24)9-5-1-2-6-10-20(25)26/h1,5,11-12,15-19,21-24H,2-4,6-10,13-14H2,(H,25,26)/b5-1+,12-11+. The van der Waals surface area contributed by atoms with E-state index in [-0.39, 0.29) is 24.9 Å². The van der Waals surface area contributed by atoms with E-state index >= 15 is 0 Å². The molecule has 0 aromatic rings. The van der Waals surface area contributed by atoms with Crippen LogP contribution in [0.2, 0.25) is 0 Å². The van der Waals surface area contributed by atoms with Gasteiger partial charge in [0.2, 0.25) is 0 Å². The molecule has 0 saturated heterocycles. The molecular weight excluding hydrogens is 336 g/mol. The minimum atomic E-state index is -0.798. The number of aliphatic hydroxyl groups excluding tert-OH is 4. The molecular formula is C20H34O6. The molecule has 0 radical (unpaired) electrons. The second-order valence-corrected chi connectivity index (χ2v) is 7.13. The number of hydrogen-bond donors (Lipinski definition) is 5. The molecule has 150 valence electrons. The van der Waals surface area contributed by atoms with Gasteiger partial charge in [-0.2, -0.15) is 0 Å². The average molecular weight is 370 g/mol. The molecule has 6 nitrogen and oxygen atoms in total. The van der Waals surface area contributed by atoms with Crippen molar-refractivity contribution < 1.29 is 30.3 Å². The summed E-state index contributed by atoms with van der Waals surface area (Å²) in [7, 11) is 0. The van der Waals surface area contributed by atoms with Gasteiger partial charge in [0.25, 0.3) is 0 Å². The van der Waals surface area contributed by atoms with Gasteiger partial charge in [0.05, 0.1) is 18.3 Å². The third-order valence-corrected chi connectivity index (χ3v) is 4.97. The van der Waals surface area contributed by atoms with Crippen molar-refractivity contribution in [2.75, 3.05) is 6.61 Å². The molecule has 5 unspecified atom stereocenters. The third-order valence-electron chi connectivity index (χ3n) is 4.97. The van der Waals surface area contributed by atoms with Crippen LogP contribution in [0.4, 0.5) is 0 Å². The van der Waals surface area contributed by atoms with Crippen LogP contribution in [0.15, 0.2) is 24.3 Å². The lowest BCUT2D eigenvalue weighted by atomic mass is 9.89. The molecule has 0 amide bonds. The minimum Gasteiger partial charge on any atom is -0.481 e. The van der Waals surface area contributed by atoms with E-state index in [9.17, 15) is 20.1 Å². The maximum atomic E-state index is 10.5.